The maximum Gasteiger partial charge on any atom is 0.331 e. The fourth-order valence-corrected chi connectivity index (χ4v) is 2.75. The minimum Gasteiger partial charge on any atom is -0.480 e. The summed E-state index contributed by atoms with van der Waals surface area (Å²) in [5.74, 6) is -1.75. The second-order valence-corrected chi connectivity index (χ2v) is 6.69. The average molecular weight is 357 g/mol. The smallest absolute Gasteiger partial charge is 0.331 e. The number of Topliss-reactive ketones (excluding diaryl/α,β-unsaturated/α-hetero) is 1. The molecule has 0 spiro atoms. The predicted molar refractivity (Wildman–Crippen MR) is 101 cm³/mol. The molecule has 0 heterocycles. The zero-order chi connectivity index (χ0) is 19.1. The van der Waals surface area contributed by atoms with Gasteiger partial charge in [-0.1, -0.05) is 58.3 Å². The van der Waals surface area contributed by atoms with Crippen LogP contribution in [0.5, 0.6) is 0 Å². The summed E-state index contributed by atoms with van der Waals surface area (Å²) in [5, 5.41) is 9.32. The van der Waals surface area contributed by atoms with E-state index >= 15 is 0 Å². The van der Waals surface area contributed by atoms with Crippen molar-refractivity contribution in [3.8, 4) is 0 Å². The molecule has 7 N–H and O–H groups in total. The monoisotopic (exact) mass is 356 g/mol. The van der Waals surface area contributed by atoms with Gasteiger partial charge in [0.05, 0.1) is 0 Å². The number of ketones is 1. The van der Waals surface area contributed by atoms with E-state index in [0.717, 1.165) is 12.8 Å². The van der Waals surface area contributed by atoms with Gasteiger partial charge in [0.1, 0.15) is 0 Å². The lowest BCUT2D eigenvalue weighted by Gasteiger charge is -2.23. The number of hydrogen-bond acceptors (Lipinski definition) is 4. The van der Waals surface area contributed by atoms with Gasteiger partial charge in [-0.15, -0.1) is 0 Å². The number of unbranched alkanes of at least 4 members (excludes halogenated alkanes) is 8. The van der Waals surface area contributed by atoms with Crippen molar-refractivity contribution in [1.29, 1.82) is 0 Å². The number of hydrogen-bond donors (Lipinski definition) is 4. The topological polar surface area (TPSA) is 145 Å². The lowest BCUT2D eigenvalue weighted by Crippen LogP contribution is -2.55. The Kier molecular flexibility index (Phi) is 12.7. The van der Waals surface area contributed by atoms with Crippen LogP contribution in [0.15, 0.2) is 4.99 Å². The lowest BCUT2D eigenvalue weighted by atomic mass is 9.87. The molecule has 0 aliphatic carbocycles. The molecule has 7 nitrogen and oxygen atoms in total. The van der Waals surface area contributed by atoms with E-state index in [1.165, 1.54) is 38.5 Å². The summed E-state index contributed by atoms with van der Waals surface area (Å²) in [6.45, 7) is 2.46. The molecule has 0 aliphatic heterocycles. The molecule has 0 radical (unpaired) electrons. The molecule has 0 unspecified atom stereocenters. The minimum atomic E-state index is -1.83. The molecule has 0 saturated heterocycles. The highest BCUT2D eigenvalue weighted by Crippen LogP contribution is 2.17. The molecule has 0 fully saturated rings. The molecule has 146 valence electrons. The molecule has 25 heavy (non-hydrogen) atoms. The van der Waals surface area contributed by atoms with E-state index in [0.29, 0.717) is 12.8 Å². The summed E-state index contributed by atoms with van der Waals surface area (Å²) in [7, 11) is 0. The van der Waals surface area contributed by atoms with Gasteiger partial charge < -0.3 is 22.3 Å². The maximum absolute atomic E-state index is 12.3. The van der Waals surface area contributed by atoms with Crippen LogP contribution in [0.2, 0.25) is 0 Å². The van der Waals surface area contributed by atoms with Crippen LogP contribution >= 0.6 is 0 Å². The average Bonchev–Trinajstić information content (AvgIpc) is 2.56. The molecular weight excluding hydrogens is 320 g/mol. The Hall–Kier alpha value is -1.63. The van der Waals surface area contributed by atoms with Gasteiger partial charge in [-0.3, -0.25) is 9.79 Å². The number of carbonyl (C=O) groups is 2. The summed E-state index contributed by atoms with van der Waals surface area (Å²) in [6.07, 6.45) is 10.8. The third kappa shape index (κ3) is 10.8. The maximum atomic E-state index is 12.3. The zero-order valence-electron chi connectivity index (χ0n) is 15.6. The van der Waals surface area contributed by atoms with Crippen molar-refractivity contribution in [2.75, 3.05) is 6.54 Å². The zero-order valence-corrected chi connectivity index (χ0v) is 15.6. The Bertz CT molecular complexity index is 423. The van der Waals surface area contributed by atoms with Gasteiger partial charge in [0.15, 0.2) is 17.3 Å². The Labute approximate surface area is 151 Å². The largest absolute Gasteiger partial charge is 0.480 e. The first-order valence-corrected chi connectivity index (χ1v) is 9.45. The normalized spacial score (nSPS) is 13.2. The van der Waals surface area contributed by atoms with E-state index in [9.17, 15) is 14.7 Å². The SMILES string of the molecule is CCCCCCCCCCCC(=O)[C@@](N)(CCCN=C(N)N)C(=O)O. The number of rotatable bonds is 16. The molecular formula is C18H36N4O3. The Morgan fingerprint density at radius 3 is 1.92 bits per heavy atom. The molecule has 0 bridgehead atoms. The molecule has 0 saturated carbocycles. The number of carboxylic acid groups (broad SMARTS) is 1. The van der Waals surface area contributed by atoms with Crippen molar-refractivity contribution < 1.29 is 14.7 Å². The first kappa shape index (κ1) is 23.4. The van der Waals surface area contributed by atoms with Gasteiger partial charge in [0.25, 0.3) is 0 Å². The van der Waals surface area contributed by atoms with E-state index in [2.05, 4.69) is 11.9 Å². The van der Waals surface area contributed by atoms with Crippen LogP contribution in [0.3, 0.4) is 0 Å². The second kappa shape index (κ2) is 13.6. The van der Waals surface area contributed by atoms with Crippen LogP contribution in [0.1, 0.15) is 84.0 Å². The minimum absolute atomic E-state index is 0.0371. The molecule has 7 heteroatoms. The molecule has 1 atom stereocenters. The van der Waals surface area contributed by atoms with Crippen LogP contribution in [0.4, 0.5) is 0 Å². The van der Waals surface area contributed by atoms with Crippen molar-refractivity contribution >= 4 is 17.7 Å². The predicted octanol–water partition coefficient (Wildman–Crippen LogP) is 2.31. The molecule has 0 aromatic rings. The first-order valence-electron chi connectivity index (χ1n) is 9.45. The number of carboxylic acids is 1. The Morgan fingerprint density at radius 1 is 0.920 bits per heavy atom. The van der Waals surface area contributed by atoms with E-state index in [4.69, 9.17) is 17.2 Å². The van der Waals surface area contributed by atoms with Crippen molar-refractivity contribution in [2.45, 2.75) is 89.5 Å². The molecule has 0 aromatic carbocycles. The highest BCUT2D eigenvalue weighted by Gasteiger charge is 2.40. The summed E-state index contributed by atoms with van der Waals surface area (Å²) in [5.41, 5.74) is 14.4. The summed E-state index contributed by atoms with van der Waals surface area (Å²) < 4.78 is 0. The third-order valence-electron chi connectivity index (χ3n) is 4.41. The van der Waals surface area contributed by atoms with Crippen molar-refractivity contribution in [3.63, 3.8) is 0 Å². The van der Waals surface area contributed by atoms with Crippen molar-refractivity contribution in [1.82, 2.24) is 0 Å². The van der Waals surface area contributed by atoms with Gasteiger partial charge in [0, 0.05) is 13.0 Å². The number of nitrogens with zero attached hydrogens (tertiary/aromatic N) is 1. The number of carbonyl (C=O) groups excluding carboxylic acids is 1. The number of nitrogens with two attached hydrogens (primary N) is 3. The van der Waals surface area contributed by atoms with Crippen molar-refractivity contribution in [3.05, 3.63) is 0 Å². The van der Waals surface area contributed by atoms with Gasteiger partial charge >= 0.3 is 5.97 Å². The van der Waals surface area contributed by atoms with Crippen LogP contribution < -0.4 is 17.2 Å². The van der Waals surface area contributed by atoms with Crippen LogP contribution in [0, 0.1) is 0 Å². The Balaban J connectivity index is 4.04. The Morgan fingerprint density at radius 2 is 1.44 bits per heavy atom. The van der Waals surface area contributed by atoms with Crippen LogP contribution in [-0.2, 0) is 9.59 Å². The fourth-order valence-electron chi connectivity index (χ4n) is 2.75. The van der Waals surface area contributed by atoms with Crippen molar-refractivity contribution in [2.24, 2.45) is 22.2 Å². The van der Waals surface area contributed by atoms with Gasteiger partial charge in [-0.2, -0.15) is 0 Å². The first-order chi connectivity index (χ1) is 11.8. The van der Waals surface area contributed by atoms with Crippen LogP contribution in [0.25, 0.3) is 0 Å². The highest BCUT2D eigenvalue weighted by atomic mass is 16.4. The van der Waals surface area contributed by atoms with Crippen LogP contribution in [-0.4, -0.2) is 34.9 Å². The quantitative estimate of drug-likeness (QED) is 0.144. The van der Waals surface area contributed by atoms with E-state index in [1.54, 1.807) is 0 Å². The summed E-state index contributed by atoms with van der Waals surface area (Å²) in [6, 6.07) is 0. The van der Waals surface area contributed by atoms with E-state index in [1.807, 2.05) is 0 Å². The molecule has 0 aliphatic rings. The lowest BCUT2D eigenvalue weighted by molar-refractivity contribution is -0.148. The van der Waals surface area contributed by atoms with E-state index in [-0.39, 0.29) is 25.3 Å². The van der Waals surface area contributed by atoms with E-state index < -0.39 is 17.3 Å². The molecule has 0 rings (SSSR count). The molecule has 0 aromatic heterocycles. The summed E-state index contributed by atoms with van der Waals surface area (Å²) >= 11 is 0. The molecule has 0 amide bonds. The number of aliphatic carboxylic acids is 1. The second-order valence-electron chi connectivity index (χ2n) is 6.69. The fraction of sp³-hybridized carbons (Fsp3) is 0.833. The number of aliphatic imine (C=N–C) groups is 1. The number of guanidine groups is 1. The van der Waals surface area contributed by atoms with Gasteiger partial charge in [0.2, 0.25) is 0 Å². The third-order valence-corrected chi connectivity index (χ3v) is 4.41. The standard InChI is InChI=1S/C18H36N4O3/c1-2-3-4-5-6-7-8-9-10-12-15(23)18(21,16(24)25)13-11-14-22-17(19)20/h2-14,21H2,1H3,(H,24,25)(H4,19,20,22)/t18-/m0/s1. The van der Waals surface area contributed by atoms with Gasteiger partial charge in [-0.05, 0) is 19.3 Å². The summed E-state index contributed by atoms with van der Waals surface area (Å²) in [4.78, 5) is 27.5. The van der Waals surface area contributed by atoms with Gasteiger partial charge in [-0.25, -0.2) is 4.79 Å². The highest BCUT2D eigenvalue weighted by molar-refractivity contribution is 6.07.